The molecule has 2 aliphatic heterocycles. The van der Waals surface area contributed by atoms with Gasteiger partial charge in [-0.15, -0.1) is 0 Å². The molecule has 2 aliphatic rings. The van der Waals surface area contributed by atoms with Crippen LogP contribution in [0.3, 0.4) is 0 Å². The molecule has 3 rings (SSSR count). The lowest BCUT2D eigenvalue weighted by molar-refractivity contribution is -0.182. The van der Waals surface area contributed by atoms with Crippen molar-refractivity contribution >= 4 is 5.91 Å². The largest absolute Gasteiger partial charge is 0.381 e. The van der Waals surface area contributed by atoms with Gasteiger partial charge in [-0.25, -0.2) is 9.97 Å². The topological polar surface area (TPSA) is 64.6 Å². The van der Waals surface area contributed by atoms with Gasteiger partial charge >= 0.3 is 0 Å². The van der Waals surface area contributed by atoms with Crippen LogP contribution in [0.15, 0.2) is 18.6 Å². The van der Waals surface area contributed by atoms with Gasteiger partial charge in [0.05, 0.1) is 19.2 Å². The van der Waals surface area contributed by atoms with Gasteiger partial charge in [0.2, 0.25) is 0 Å². The zero-order valence-corrected chi connectivity index (χ0v) is 10.9. The normalized spacial score (nSPS) is 25.1. The van der Waals surface area contributed by atoms with Gasteiger partial charge in [-0.3, -0.25) is 4.79 Å². The molecular formula is C13H17N3O3. The van der Waals surface area contributed by atoms with Gasteiger partial charge in [0.1, 0.15) is 17.6 Å². The number of methoxy groups -OCH3 is 1. The predicted octanol–water partition coefficient (Wildman–Crippen LogP) is 0.497. The molecule has 0 saturated carbocycles. The first-order valence-electron chi connectivity index (χ1n) is 6.44. The van der Waals surface area contributed by atoms with Crippen LogP contribution in [-0.2, 0) is 9.47 Å². The standard InChI is InChI=1S/C13H17N3O3/c1-18-10-3-5-19-13(6-10)7-16(8-13)12(17)11-2-4-14-9-15-11/h2,4,9-10H,3,5-8H2,1H3. The number of aromatic nitrogens is 2. The predicted molar refractivity (Wildman–Crippen MR) is 66.6 cm³/mol. The Hall–Kier alpha value is -1.53. The fraction of sp³-hybridized carbons (Fsp3) is 0.615. The second-order valence-corrected chi connectivity index (χ2v) is 5.14. The van der Waals surface area contributed by atoms with Crippen LogP contribution >= 0.6 is 0 Å². The van der Waals surface area contributed by atoms with Crippen molar-refractivity contribution in [2.45, 2.75) is 24.5 Å². The van der Waals surface area contributed by atoms with E-state index in [-0.39, 0.29) is 17.6 Å². The monoisotopic (exact) mass is 263 g/mol. The second kappa shape index (κ2) is 4.86. The van der Waals surface area contributed by atoms with Crippen LogP contribution in [-0.4, -0.2) is 59.3 Å². The first-order chi connectivity index (χ1) is 9.22. The molecule has 2 fully saturated rings. The van der Waals surface area contributed by atoms with Crippen LogP contribution in [0.1, 0.15) is 23.3 Å². The van der Waals surface area contributed by atoms with Crippen LogP contribution in [0, 0.1) is 0 Å². The maximum Gasteiger partial charge on any atom is 0.272 e. The maximum absolute atomic E-state index is 12.2. The molecule has 1 aromatic rings. The highest BCUT2D eigenvalue weighted by Crippen LogP contribution is 2.35. The van der Waals surface area contributed by atoms with E-state index in [1.165, 1.54) is 6.33 Å². The minimum atomic E-state index is -0.207. The summed E-state index contributed by atoms with van der Waals surface area (Å²) in [5.41, 5.74) is 0.227. The summed E-state index contributed by atoms with van der Waals surface area (Å²) in [6.45, 7) is 1.94. The van der Waals surface area contributed by atoms with Gasteiger partial charge < -0.3 is 14.4 Å². The molecule has 1 aromatic heterocycles. The summed E-state index contributed by atoms with van der Waals surface area (Å²) in [4.78, 5) is 21.7. The minimum Gasteiger partial charge on any atom is -0.381 e. The van der Waals surface area contributed by atoms with Crippen molar-refractivity contribution in [3.8, 4) is 0 Å². The number of carbonyl (C=O) groups is 1. The van der Waals surface area contributed by atoms with E-state index in [1.807, 2.05) is 0 Å². The molecule has 6 heteroatoms. The van der Waals surface area contributed by atoms with Crippen molar-refractivity contribution in [3.05, 3.63) is 24.3 Å². The number of carbonyl (C=O) groups excluding carboxylic acids is 1. The summed E-state index contributed by atoms with van der Waals surface area (Å²) < 4.78 is 11.2. The molecule has 102 valence electrons. The summed E-state index contributed by atoms with van der Waals surface area (Å²) in [5, 5.41) is 0. The molecule has 19 heavy (non-hydrogen) atoms. The third-order valence-corrected chi connectivity index (χ3v) is 3.83. The van der Waals surface area contributed by atoms with Gasteiger partial charge in [0.15, 0.2) is 0 Å². The highest BCUT2D eigenvalue weighted by atomic mass is 16.5. The Morgan fingerprint density at radius 1 is 1.58 bits per heavy atom. The van der Waals surface area contributed by atoms with E-state index < -0.39 is 0 Å². The molecule has 1 atom stereocenters. The van der Waals surface area contributed by atoms with E-state index in [0.717, 1.165) is 12.8 Å². The lowest BCUT2D eigenvalue weighted by atomic mass is 9.84. The van der Waals surface area contributed by atoms with E-state index in [4.69, 9.17) is 9.47 Å². The average molecular weight is 263 g/mol. The quantitative estimate of drug-likeness (QED) is 0.777. The molecule has 1 spiro atoms. The first kappa shape index (κ1) is 12.5. The molecule has 0 N–H and O–H groups in total. The average Bonchev–Trinajstić information content (AvgIpc) is 2.45. The number of hydrogen-bond donors (Lipinski definition) is 0. The number of rotatable bonds is 2. The molecule has 0 bridgehead atoms. The molecule has 0 radical (unpaired) electrons. The van der Waals surface area contributed by atoms with Gasteiger partial charge in [-0.05, 0) is 12.5 Å². The highest BCUT2D eigenvalue weighted by Gasteiger charge is 2.49. The number of ether oxygens (including phenoxy) is 2. The Bertz CT molecular complexity index is 459. The summed E-state index contributed by atoms with van der Waals surface area (Å²) >= 11 is 0. The van der Waals surface area contributed by atoms with Crippen LogP contribution in [0.2, 0.25) is 0 Å². The Morgan fingerprint density at radius 3 is 3.11 bits per heavy atom. The molecule has 0 aliphatic carbocycles. The van der Waals surface area contributed by atoms with E-state index in [1.54, 1.807) is 24.3 Å². The molecule has 3 heterocycles. The van der Waals surface area contributed by atoms with E-state index >= 15 is 0 Å². The summed E-state index contributed by atoms with van der Waals surface area (Å²) in [6, 6.07) is 1.63. The zero-order chi connectivity index (χ0) is 13.3. The van der Waals surface area contributed by atoms with E-state index in [9.17, 15) is 4.79 Å². The lowest BCUT2D eigenvalue weighted by Gasteiger charge is -2.52. The van der Waals surface area contributed by atoms with Crippen molar-refractivity contribution in [1.29, 1.82) is 0 Å². The van der Waals surface area contributed by atoms with Crippen LogP contribution < -0.4 is 0 Å². The van der Waals surface area contributed by atoms with Crippen molar-refractivity contribution < 1.29 is 14.3 Å². The lowest BCUT2D eigenvalue weighted by Crippen LogP contribution is -2.67. The number of amides is 1. The third-order valence-electron chi connectivity index (χ3n) is 3.83. The molecule has 1 amide bonds. The van der Waals surface area contributed by atoms with Crippen LogP contribution in [0.5, 0.6) is 0 Å². The smallest absolute Gasteiger partial charge is 0.272 e. The van der Waals surface area contributed by atoms with Gasteiger partial charge in [0.25, 0.3) is 5.91 Å². The summed E-state index contributed by atoms with van der Waals surface area (Å²) in [6.07, 6.45) is 4.99. The van der Waals surface area contributed by atoms with Gasteiger partial charge in [-0.1, -0.05) is 0 Å². The molecule has 6 nitrogen and oxygen atoms in total. The van der Waals surface area contributed by atoms with Gasteiger partial charge in [-0.2, -0.15) is 0 Å². The molecule has 2 saturated heterocycles. The fourth-order valence-electron chi connectivity index (χ4n) is 2.78. The summed E-state index contributed by atoms with van der Waals surface area (Å²) in [7, 11) is 1.73. The number of nitrogens with zero attached hydrogens (tertiary/aromatic N) is 3. The van der Waals surface area contributed by atoms with E-state index in [0.29, 0.717) is 25.4 Å². The molecule has 1 unspecified atom stereocenters. The molecule has 0 aromatic carbocycles. The Morgan fingerprint density at radius 2 is 2.42 bits per heavy atom. The number of hydrogen-bond acceptors (Lipinski definition) is 5. The van der Waals surface area contributed by atoms with Crippen molar-refractivity contribution in [2.24, 2.45) is 0 Å². The van der Waals surface area contributed by atoms with Crippen molar-refractivity contribution in [2.75, 3.05) is 26.8 Å². The molecular weight excluding hydrogens is 246 g/mol. The van der Waals surface area contributed by atoms with Crippen molar-refractivity contribution in [3.63, 3.8) is 0 Å². The highest BCUT2D eigenvalue weighted by molar-refractivity contribution is 5.92. The van der Waals surface area contributed by atoms with Crippen LogP contribution in [0.25, 0.3) is 0 Å². The Balaban J connectivity index is 1.62. The second-order valence-electron chi connectivity index (χ2n) is 5.14. The third kappa shape index (κ3) is 2.33. The zero-order valence-electron chi connectivity index (χ0n) is 10.9. The SMILES string of the molecule is COC1CCOC2(C1)CN(C(=O)c1ccncn1)C2. The fourth-order valence-corrected chi connectivity index (χ4v) is 2.78. The minimum absolute atomic E-state index is 0.0591. The first-order valence-corrected chi connectivity index (χ1v) is 6.44. The Labute approximate surface area is 111 Å². The number of likely N-dealkylation sites (tertiary alicyclic amines) is 1. The maximum atomic E-state index is 12.2. The Kier molecular flexibility index (Phi) is 3.20. The summed E-state index contributed by atoms with van der Waals surface area (Å²) in [5.74, 6) is -0.0591. The van der Waals surface area contributed by atoms with Crippen molar-refractivity contribution in [1.82, 2.24) is 14.9 Å². The van der Waals surface area contributed by atoms with E-state index in [2.05, 4.69) is 9.97 Å². The van der Waals surface area contributed by atoms with Gasteiger partial charge in [0, 0.05) is 26.3 Å². The van der Waals surface area contributed by atoms with Crippen LogP contribution in [0.4, 0.5) is 0 Å².